The Morgan fingerprint density at radius 3 is 2.29 bits per heavy atom. The van der Waals surface area contributed by atoms with E-state index >= 15 is 0 Å². The van der Waals surface area contributed by atoms with Gasteiger partial charge in [-0.15, -0.1) is 0 Å². The third-order valence-corrected chi connectivity index (χ3v) is 5.76. The van der Waals surface area contributed by atoms with Crippen LogP contribution in [0, 0.1) is 5.92 Å². The van der Waals surface area contributed by atoms with E-state index in [4.69, 9.17) is 9.84 Å². The maximum Gasteiger partial charge on any atom is 0.343 e. The van der Waals surface area contributed by atoms with E-state index in [1.165, 1.54) is 35.7 Å². The number of rotatable bonds is 6. The molecule has 0 amide bonds. The molecule has 0 spiro atoms. The smallest absolute Gasteiger partial charge is 0.343 e. The minimum absolute atomic E-state index is 0.0988. The Kier molecular flexibility index (Phi) is 5.79. The summed E-state index contributed by atoms with van der Waals surface area (Å²) >= 11 is 0. The molecule has 1 aromatic rings. The van der Waals surface area contributed by atoms with Gasteiger partial charge in [-0.3, -0.25) is 4.79 Å². The molecule has 9 heteroatoms. The fraction of sp³-hybridized carbons (Fsp3) is 0.467. The van der Waals surface area contributed by atoms with Crippen LogP contribution in [0.3, 0.4) is 0 Å². The summed E-state index contributed by atoms with van der Waals surface area (Å²) in [5.74, 6) is -1.57. The highest BCUT2D eigenvalue weighted by Gasteiger charge is 2.31. The molecular weight excluding hydrogens is 338 g/mol. The summed E-state index contributed by atoms with van der Waals surface area (Å²) in [7, 11) is -2.43. The van der Waals surface area contributed by atoms with Gasteiger partial charge in [0, 0.05) is 13.1 Å². The predicted octanol–water partition coefficient (Wildman–Crippen LogP) is 0.724. The number of carbonyl (C=O) groups is 2. The molecule has 0 bridgehead atoms. The zero-order valence-corrected chi connectivity index (χ0v) is 14.0. The molecule has 1 aromatic carbocycles. The standard InChI is InChI=1S/C15H19NO7S/c1-22-14(17)10-23-12-2-4-13(5-3-12)24(20,21)16-8-6-11(7-9-16)15(18)19/h2-5,11H,6-10H2,1H3,(H,18,19). The summed E-state index contributed by atoms with van der Waals surface area (Å²) in [6, 6.07) is 5.70. The van der Waals surface area contributed by atoms with Crippen molar-refractivity contribution in [3.63, 3.8) is 0 Å². The molecule has 1 aliphatic rings. The lowest BCUT2D eigenvalue weighted by Gasteiger charge is -2.29. The number of piperidine rings is 1. The maximum absolute atomic E-state index is 12.6. The maximum atomic E-state index is 12.6. The Balaban J connectivity index is 2.02. The second kappa shape index (κ2) is 7.63. The molecule has 0 saturated carbocycles. The van der Waals surface area contributed by atoms with E-state index in [9.17, 15) is 18.0 Å². The quantitative estimate of drug-likeness (QED) is 0.747. The van der Waals surface area contributed by atoms with Gasteiger partial charge in [0.15, 0.2) is 6.61 Å². The van der Waals surface area contributed by atoms with E-state index in [-0.39, 0.29) is 24.6 Å². The summed E-state index contributed by atoms with van der Waals surface area (Å²) in [6.45, 7) is 0.102. The van der Waals surface area contributed by atoms with Gasteiger partial charge in [-0.1, -0.05) is 0 Å². The highest BCUT2D eigenvalue weighted by Crippen LogP contribution is 2.25. The topological polar surface area (TPSA) is 110 Å². The lowest BCUT2D eigenvalue weighted by atomic mass is 9.99. The zero-order chi connectivity index (χ0) is 17.7. The van der Waals surface area contributed by atoms with Crippen molar-refractivity contribution in [2.75, 3.05) is 26.8 Å². The first-order valence-corrected chi connectivity index (χ1v) is 8.81. The first-order chi connectivity index (χ1) is 11.3. The molecule has 1 N–H and O–H groups in total. The van der Waals surface area contributed by atoms with E-state index in [1.807, 2.05) is 0 Å². The number of sulfonamides is 1. The molecule has 0 unspecified atom stereocenters. The third kappa shape index (κ3) is 4.24. The number of methoxy groups -OCH3 is 1. The number of esters is 1. The first-order valence-electron chi connectivity index (χ1n) is 7.37. The molecule has 8 nitrogen and oxygen atoms in total. The van der Waals surface area contributed by atoms with Gasteiger partial charge < -0.3 is 14.6 Å². The summed E-state index contributed by atoms with van der Waals surface area (Å²) in [5.41, 5.74) is 0. The van der Waals surface area contributed by atoms with Crippen LogP contribution in [0.4, 0.5) is 0 Å². The zero-order valence-electron chi connectivity index (χ0n) is 13.2. The average Bonchev–Trinajstić information content (AvgIpc) is 2.60. The first kappa shape index (κ1) is 18.2. The number of benzene rings is 1. The molecule has 1 aliphatic heterocycles. The van der Waals surface area contributed by atoms with Crippen LogP contribution < -0.4 is 4.74 Å². The molecule has 0 radical (unpaired) electrons. The molecule has 1 heterocycles. The fourth-order valence-electron chi connectivity index (χ4n) is 2.40. The van der Waals surface area contributed by atoms with Crippen molar-refractivity contribution in [1.29, 1.82) is 0 Å². The largest absolute Gasteiger partial charge is 0.482 e. The average molecular weight is 357 g/mol. The number of carboxylic acids is 1. The lowest BCUT2D eigenvalue weighted by Crippen LogP contribution is -2.40. The van der Waals surface area contributed by atoms with Crippen LogP contribution in [-0.4, -0.2) is 56.6 Å². The SMILES string of the molecule is COC(=O)COc1ccc(S(=O)(=O)N2CCC(C(=O)O)CC2)cc1. The van der Waals surface area contributed by atoms with Crippen molar-refractivity contribution in [2.24, 2.45) is 5.92 Å². The van der Waals surface area contributed by atoms with Gasteiger partial charge in [0.25, 0.3) is 0 Å². The summed E-state index contributed by atoms with van der Waals surface area (Å²) in [6.07, 6.45) is 0.601. The van der Waals surface area contributed by atoms with Crippen LogP contribution >= 0.6 is 0 Å². The van der Waals surface area contributed by atoms with Gasteiger partial charge in [0.05, 0.1) is 17.9 Å². The lowest BCUT2D eigenvalue weighted by molar-refractivity contribution is -0.143. The number of carboxylic acid groups (broad SMARTS) is 1. The summed E-state index contributed by atoms with van der Waals surface area (Å²) < 4.78 is 36.0. The van der Waals surface area contributed by atoms with E-state index in [0.29, 0.717) is 18.6 Å². The van der Waals surface area contributed by atoms with Crippen molar-refractivity contribution in [3.8, 4) is 5.75 Å². The Bertz CT molecular complexity index is 691. The second-order valence-corrected chi connectivity index (χ2v) is 7.29. The van der Waals surface area contributed by atoms with Gasteiger partial charge in [-0.25, -0.2) is 13.2 Å². The van der Waals surface area contributed by atoms with Gasteiger partial charge in [-0.2, -0.15) is 4.31 Å². The second-order valence-electron chi connectivity index (χ2n) is 5.35. The van der Waals surface area contributed by atoms with Crippen molar-refractivity contribution < 1.29 is 32.6 Å². The number of carbonyl (C=O) groups excluding carboxylic acids is 1. The van der Waals surface area contributed by atoms with Crippen LogP contribution in [0.5, 0.6) is 5.75 Å². The number of aliphatic carboxylic acids is 1. The Hall–Kier alpha value is -2.13. The highest BCUT2D eigenvalue weighted by atomic mass is 32.2. The number of hydrogen-bond donors (Lipinski definition) is 1. The van der Waals surface area contributed by atoms with Crippen molar-refractivity contribution >= 4 is 22.0 Å². The summed E-state index contributed by atoms with van der Waals surface area (Å²) in [4.78, 5) is 22.0. The monoisotopic (exact) mass is 357 g/mol. The predicted molar refractivity (Wildman–Crippen MR) is 83.1 cm³/mol. The minimum atomic E-state index is -3.67. The van der Waals surface area contributed by atoms with Crippen molar-refractivity contribution in [2.45, 2.75) is 17.7 Å². The van der Waals surface area contributed by atoms with Crippen LogP contribution in [0.15, 0.2) is 29.2 Å². The Morgan fingerprint density at radius 2 is 1.79 bits per heavy atom. The van der Waals surface area contributed by atoms with Gasteiger partial charge in [0.1, 0.15) is 5.75 Å². The van der Waals surface area contributed by atoms with Gasteiger partial charge >= 0.3 is 11.9 Å². The molecule has 132 valence electrons. The Morgan fingerprint density at radius 1 is 1.21 bits per heavy atom. The number of hydrogen-bond acceptors (Lipinski definition) is 6. The molecule has 0 aromatic heterocycles. The highest BCUT2D eigenvalue weighted by molar-refractivity contribution is 7.89. The molecule has 1 fully saturated rings. The summed E-state index contributed by atoms with van der Waals surface area (Å²) in [5, 5.41) is 8.97. The number of nitrogens with zero attached hydrogens (tertiary/aromatic N) is 1. The van der Waals surface area contributed by atoms with Crippen molar-refractivity contribution in [3.05, 3.63) is 24.3 Å². The third-order valence-electron chi connectivity index (χ3n) is 3.85. The van der Waals surface area contributed by atoms with E-state index in [1.54, 1.807) is 0 Å². The molecular formula is C15H19NO7S. The van der Waals surface area contributed by atoms with Crippen LogP contribution in [0.1, 0.15) is 12.8 Å². The molecule has 0 atom stereocenters. The molecule has 0 aliphatic carbocycles. The molecule has 1 saturated heterocycles. The van der Waals surface area contributed by atoms with Crippen LogP contribution in [0.25, 0.3) is 0 Å². The van der Waals surface area contributed by atoms with Crippen LogP contribution in [-0.2, 0) is 24.3 Å². The van der Waals surface area contributed by atoms with Gasteiger partial charge in [-0.05, 0) is 37.1 Å². The van der Waals surface area contributed by atoms with E-state index in [0.717, 1.165) is 0 Å². The van der Waals surface area contributed by atoms with Crippen molar-refractivity contribution in [1.82, 2.24) is 4.31 Å². The molecule has 2 rings (SSSR count). The van der Waals surface area contributed by atoms with Crippen LogP contribution in [0.2, 0.25) is 0 Å². The normalized spacial score (nSPS) is 16.5. The fourth-order valence-corrected chi connectivity index (χ4v) is 3.87. The van der Waals surface area contributed by atoms with Gasteiger partial charge in [0.2, 0.25) is 10.0 Å². The van der Waals surface area contributed by atoms with E-state index in [2.05, 4.69) is 4.74 Å². The van der Waals surface area contributed by atoms with E-state index < -0.39 is 27.9 Å². The Labute approximate surface area is 140 Å². The number of ether oxygens (including phenoxy) is 2. The minimum Gasteiger partial charge on any atom is -0.482 e. The molecule has 24 heavy (non-hydrogen) atoms.